The van der Waals surface area contributed by atoms with Crippen LogP contribution in [0.4, 0.5) is 0 Å². The topological polar surface area (TPSA) is 84.2 Å². The summed E-state index contributed by atoms with van der Waals surface area (Å²) < 4.78 is 30.2. The largest absolute Gasteiger partial charge is 0.282 e. The van der Waals surface area contributed by atoms with Crippen molar-refractivity contribution in [1.82, 2.24) is 28.4 Å². The monoisotopic (exact) mass is 378 g/mol. The number of rotatable bonds is 5. The zero-order valence-electron chi connectivity index (χ0n) is 15.8. The average Bonchev–Trinajstić information content (AvgIpc) is 3.10. The quantitative estimate of drug-likeness (QED) is 0.794. The van der Waals surface area contributed by atoms with Crippen LogP contribution in [0.5, 0.6) is 0 Å². The Balaban J connectivity index is 2.05. The molecule has 0 radical (unpaired) electrons. The van der Waals surface area contributed by atoms with E-state index in [1.807, 2.05) is 30.7 Å². The van der Waals surface area contributed by atoms with Gasteiger partial charge in [-0.05, 0) is 38.8 Å². The molecule has 1 aliphatic heterocycles. The van der Waals surface area contributed by atoms with Gasteiger partial charge in [-0.25, -0.2) is 9.97 Å². The minimum Gasteiger partial charge on any atom is -0.264 e. The molecule has 3 heterocycles. The highest BCUT2D eigenvalue weighted by Gasteiger charge is 2.36. The van der Waals surface area contributed by atoms with Crippen LogP contribution in [0, 0.1) is 6.92 Å². The van der Waals surface area contributed by atoms with Gasteiger partial charge in [-0.2, -0.15) is 22.1 Å². The van der Waals surface area contributed by atoms with E-state index >= 15 is 0 Å². The number of hydrogen-bond donors (Lipinski definition) is 0. The first-order valence-corrected chi connectivity index (χ1v) is 10.3. The van der Waals surface area contributed by atoms with Crippen molar-refractivity contribution in [2.75, 3.05) is 20.6 Å². The minimum absolute atomic E-state index is 0.340. The molecule has 2 aromatic heterocycles. The predicted molar refractivity (Wildman–Crippen MR) is 99.6 cm³/mol. The molecule has 2 aromatic rings. The minimum atomic E-state index is -3.52. The normalized spacial score (nSPS) is 19.2. The van der Waals surface area contributed by atoms with E-state index in [0.29, 0.717) is 12.4 Å². The summed E-state index contributed by atoms with van der Waals surface area (Å²) in [7, 11) is -0.403. The molecule has 0 spiro atoms. The van der Waals surface area contributed by atoms with Crippen LogP contribution in [0.15, 0.2) is 18.3 Å². The van der Waals surface area contributed by atoms with Gasteiger partial charge in [0.05, 0.1) is 17.4 Å². The maximum absolute atomic E-state index is 12.8. The molecule has 1 fully saturated rings. The standard InChI is InChI=1S/C17H26N6O2S/c1-5-22-15(9-10-18-22)14-12-13(2)19-17(20-14)16-8-6-7-11-23(16)26(24,25)21(3)4/h9-10,12,16H,5-8,11H2,1-4H3/t16-/m1/s1. The van der Waals surface area contributed by atoms with Gasteiger partial charge in [0, 0.05) is 39.1 Å². The number of aromatic nitrogens is 4. The van der Waals surface area contributed by atoms with Crippen LogP contribution >= 0.6 is 0 Å². The Kier molecular flexibility index (Phi) is 5.40. The van der Waals surface area contributed by atoms with Crippen molar-refractivity contribution in [2.45, 2.75) is 45.7 Å². The van der Waals surface area contributed by atoms with Crippen LogP contribution in [0.3, 0.4) is 0 Å². The Morgan fingerprint density at radius 1 is 1.27 bits per heavy atom. The maximum Gasteiger partial charge on any atom is 0.282 e. The fourth-order valence-corrected chi connectivity index (χ4v) is 4.62. The number of nitrogens with zero attached hydrogens (tertiary/aromatic N) is 6. The van der Waals surface area contributed by atoms with Crippen molar-refractivity contribution in [2.24, 2.45) is 0 Å². The third-order valence-corrected chi connectivity index (χ3v) is 6.61. The molecule has 0 amide bonds. The molecule has 1 aliphatic rings. The molecule has 9 heteroatoms. The molecule has 1 atom stereocenters. The summed E-state index contributed by atoms with van der Waals surface area (Å²) in [5.74, 6) is 0.564. The highest BCUT2D eigenvalue weighted by atomic mass is 32.2. The van der Waals surface area contributed by atoms with E-state index in [1.165, 1.54) is 8.61 Å². The fraction of sp³-hybridized carbons (Fsp3) is 0.588. The summed E-state index contributed by atoms with van der Waals surface area (Å²) in [6, 6.07) is 3.50. The Hall–Kier alpha value is -1.84. The van der Waals surface area contributed by atoms with E-state index in [2.05, 4.69) is 10.1 Å². The van der Waals surface area contributed by atoms with E-state index in [-0.39, 0.29) is 6.04 Å². The molecule has 26 heavy (non-hydrogen) atoms. The number of hydrogen-bond acceptors (Lipinski definition) is 5. The molecular weight excluding hydrogens is 352 g/mol. The van der Waals surface area contributed by atoms with Gasteiger partial charge < -0.3 is 0 Å². The highest BCUT2D eigenvalue weighted by molar-refractivity contribution is 7.86. The van der Waals surface area contributed by atoms with Gasteiger partial charge in [0.25, 0.3) is 10.2 Å². The molecule has 0 bridgehead atoms. The summed E-state index contributed by atoms with van der Waals surface area (Å²) in [6.45, 7) is 5.17. The van der Waals surface area contributed by atoms with Crippen molar-refractivity contribution in [3.8, 4) is 11.4 Å². The zero-order chi connectivity index (χ0) is 18.9. The number of piperidine rings is 1. The van der Waals surface area contributed by atoms with Crippen LogP contribution < -0.4 is 0 Å². The molecule has 0 N–H and O–H groups in total. The zero-order valence-corrected chi connectivity index (χ0v) is 16.6. The predicted octanol–water partition coefficient (Wildman–Crippen LogP) is 2.00. The second-order valence-corrected chi connectivity index (χ2v) is 8.79. The summed E-state index contributed by atoms with van der Waals surface area (Å²) >= 11 is 0. The van der Waals surface area contributed by atoms with Crippen LogP contribution in [0.1, 0.15) is 43.7 Å². The van der Waals surface area contributed by atoms with Crippen LogP contribution in [-0.4, -0.2) is 57.4 Å². The van der Waals surface area contributed by atoms with Crippen LogP contribution in [-0.2, 0) is 16.8 Å². The molecule has 142 valence electrons. The Bertz CT molecular complexity index is 877. The van der Waals surface area contributed by atoms with Crippen molar-refractivity contribution in [3.63, 3.8) is 0 Å². The molecule has 0 aliphatic carbocycles. The Morgan fingerprint density at radius 2 is 2.04 bits per heavy atom. The van der Waals surface area contributed by atoms with E-state index in [0.717, 1.165) is 42.9 Å². The first kappa shape index (κ1) is 18.9. The molecular formula is C17H26N6O2S. The van der Waals surface area contributed by atoms with Gasteiger partial charge >= 0.3 is 0 Å². The van der Waals surface area contributed by atoms with Gasteiger partial charge in [-0.1, -0.05) is 6.42 Å². The highest BCUT2D eigenvalue weighted by Crippen LogP contribution is 2.33. The summed E-state index contributed by atoms with van der Waals surface area (Å²) in [5.41, 5.74) is 2.51. The van der Waals surface area contributed by atoms with E-state index in [4.69, 9.17) is 4.98 Å². The van der Waals surface area contributed by atoms with Gasteiger partial charge in [0.15, 0.2) is 0 Å². The van der Waals surface area contributed by atoms with Crippen LogP contribution in [0.25, 0.3) is 11.4 Å². The lowest BCUT2D eigenvalue weighted by Crippen LogP contribution is -2.45. The van der Waals surface area contributed by atoms with Gasteiger partial charge in [0.2, 0.25) is 0 Å². The number of aryl methyl sites for hydroxylation is 2. The lowest BCUT2D eigenvalue weighted by molar-refractivity contribution is 0.234. The van der Waals surface area contributed by atoms with Crippen molar-refractivity contribution >= 4 is 10.2 Å². The van der Waals surface area contributed by atoms with E-state index in [1.54, 1.807) is 20.3 Å². The van der Waals surface area contributed by atoms with Gasteiger partial charge in [0.1, 0.15) is 5.82 Å². The lowest BCUT2D eigenvalue weighted by atomic mass is 10.0. The smallest absolute Gasteiger partial charge is 0.264 e. The maximum atomic E-state index is 12.8. The van der Waals surface area contributed by atoms with E-state index < -0.39 is 10.2 Å². The molecule has 1 saturated heterocycles. The SMILES string of the molecule is CCn1nccc1-c1cc(C)nc([C@H]2CCCCN2S(=O)(=O)N(C)C)n1. The summed E-state index contributed by atoms with van der Waals surface area (Å²) in [6.07, 6.45) is 4.29. The van der Waals surface area contributed by atoms with Crippen molar-refractivity contribution < 1.29 is 8.42 Å². The third kappa shape index (κ3) is 3.51. The lowest BCUT2D eigenvalue weighted by Gasteiger charge is -2.35. The second kappa shape index (κ2) is 7.42. The summed E-state index contributed by atoms with van der Waals surface area (Å²) in [4.78, 5) is 9.32. The summed E-state index contributed by atoms with van der Waals surface area (Å²) in [5, 5.41) is 4.30. The Labute approximate surface area is 155 Å². The van der Waals surface area contributed by atoms with Crippen molar-refractivity contribution in [3.05, 3.63) is 29.8 Å². The fourth-order valence-electron chi connectivity index (χ4n) is 3.32. The molecule has 3 rings (SSSR count). The molecule has 0 unspecified atom stereocenters. The molecule has 8 nitrogen and oxygen atoms in total. The first-order valence-electron chi connectivity index (χ1n) is 8.91. The molecule has 0 saturated carbocycles. The van der Waals surface area contributed by atoms with Crippen LogP contribution in [0.2, 0.25) is 0 Å². The Morgan fingerprint density at radius 3 is 2.73 bits per heavy atom. The van der Waals surface area contributed by atoms with Gasteiger partial charge in [-0.15, -0.1) is 0 Å². The average molecular weight is 379 g/mol. The second-order valence-electron chi connectivity index (χ2n) is 6.70. The van der Waals surface area contributed by atoms with Gasteiger partial charge in [-0.3, -0.25) is 4.68 Å². The first-order chi connectivity index (χ1) is 12.3. The third-order valence-electron chi connectivity index (χ3n) is 4.66. The van der Waals surface area contributed by atoms with Crippen molar-refractivity contribution in [1.29, 1.82) is 0 Å². The molecule has 0 aromatic carbocycles. The van der Waals surface area contributed by atoms with E-state index in [9.17, 15) is 8.42 Å².